The van der Waals surface area contributed by atoms with E-state index in [1.807, 2.05) is 13.0 Å². The molecule has 1 aromatic heterocycles. The van der Waals surface area contributed by atoms with Crippen molar-refractivity contribution in [3.05, 3.63) is 27.1 Å². The molecule has 1 unspecified atom stereocenters. The Bertz CT molecular complexity index is 866. The molecule has 0 radical (unpaired) electrons. The molecular formula is C16H19ClN4OS. The summed E-state index contributed by atoms with van der Waals surface area (Å²) in [6.07, 6.45) is 0. The highest BCUT2D eigenvalue weighted by Gasteiger charge is 2.33. The lowest BCUT2D eigenvalue weighted by molar-refractivity contribution is 0.277. The van der Waals surface area contributed by atoms with E-state index in [1.165, 1.54) is 0 Å². The number of aryl methyl sites for hydroxylation is 2. The number of benzene rings is 1. The zero-order valence-corrected chi connectivity index (χ0v) is 15.0. The van der Waals surface area contributed by atoms with Gasteiger partial charge in [0.1, 0.15) is 5.82 Å². The van der Waals surface area contributed by atoms with Crippen LogP contribution in [-0.2, 0) is 7.05 Å². The van der Waals surface area contributed by atoms with Crippen molar-refractivity contribution in [2.24, 2.45) is 7.05 Å². The normalized spacial score (nSPS) is 21.4. The molecule has 122 valence electrons. The predicted molar refractivity (Wildman–Crippen MR) is 96.1 cm³/mol. The molecule has 1 fully saturated rings. The van der Waals surface area contributed by atoms with Crippen molar-refractivity contribution < 1.29 is 0 Å². The van der Waals surface area contributed by atoms with Gasteiger partial charge in [0.05, 0.1) is 22.0 Å². The number of likely N-dealkylation sites (N-methyl/N-ethyl adjacent to an activating group) is 1. The monoisotopic (exact) mass is 350 g/mol. The zero-order chi connectivity index (χ0) is 16.3. The topological polar surface area (TPSA) is 41.4 Å². The Kier molecular flexibility index (Phi) is 3.59. The summed E-state index contributed by atoms with van der Waals surface area (Å²) in [5.41, 5.74) is 1.72. The number of aromatic nitrogens is 2. The van der Waals surface area contributed by atoms with Crippen molar-refractivity contribution in [1.29, 1.82) is 0 Å². The van der Waals surface area contributed by atoms with Crippen molar-refractivity contribution in [3.63, 3.8) is 0 Å². The second-order valence-electron chi connectivity index (χ2n) is 6.43. The number of thioether (sulfide) groups is 1. The van der Waals surface area contributed by atoms with Gasteiger partial charge in [-0.2, -0.15) is 4.98 Å². The predicted octanol–water partition coefficient (Wildman–Crippen LogP) is 2.12. The van der Waals surface area contributed by atoms with E-state index in [0.717, 1.165) is 57.6 Å². The van der Waals surface area contributed by atoms with Crippen LogP contribution in [0.5, 0.6) is 0 Å². The number of hydrogen-bond donors (Lipinski definition) is 0. The molecule has 0 aliphatic carbocycles. The van der Waals surface area contributed by atoms with Crippen LogP contribution in [0.2, 0.25) is 5.02 Å². The van der Waals surface area contributed by atoms with Gasteiger partial charge in [-0.3, -0.25) is 4.57 Å². The maximum atomic E-state index is 12.4. The molecule has 1 atom stereocenters. The van der Waals surface area contributed by atoms with Crippen LogP contribution < -0.4 is 10.6 Å². The number of piperazine rings is 1. The molecule has 2 aliphatic heterocycles. The van der Waals surface area contributed by atoms with Crippen LogP contribution in [-0.4, -0.2) is 52.9 Å². The first-order valence-electron chi connectivity index (χ1n) is 7.75. The van der Waals surface area contributed by atoms with Gasteiger partial charge < -0.3 is 9.80 Å². The van der Waals surface area contributed by atoms with E-state index in [2.05, 4.69) is 21.8 Å². The fourth-order valence-electron chi connectivity index (χ4n) is 3.51. The Morgan fingerprint density at radius 1 is 1.35 bits per heavy atom. The Morgan fingerprint density at radius 3 is 2.91 bits per heavy atom. The van der Waals surface area contributed by atoms with E-state index in [1.54, 1.807) is 23.4 Å². The summed E-state index contributed by atoms with van der Waals surface area (Å²) < 4.78 is 1.63. The second kappa shape index (κ2) is 5.40. The number of rotatable bonds is 0. The van der Waals surface area contributed by atoms with Gasteiger partial charge in [-0.15, -0.1) is 11.8 Å². The van der Waals surface area contributed by atoms with E-state index >= 15 is 0 Å². The third-order valence-corrected chi connectivity index (χ3v) is 6.68. The molecule has 2 aliphatic rings. The van der Waals surface area contributed by atoms with Crippen LogP contribution in [0, 0.1) is 6.92 Å². The minimum atomic E-state index is -0.204. The van der Waals surface area contributed by atoms with Crippen LogP contribution in [0.15, 0.2) is 15.8 Å². The molecule has 0 N–H and O–H groups in total. The first kappa shape index (κ1) is 15.3. The minimum absolute atomic E-state index is 0.204. The average Bonchev–Trinajstić information content (AvgIpc) is 2.67. The highest BCUT2D eigenvalue weighted by molar-refractivity contribution is 7.99. The van der Waals surface area contributed by atoms with Gasteiger partial charge >= 0.3 is 5.69 Å². The maximum Gasteiger partial charge on any atom is 0.349 e. The molecule has 0 spiro atoms. The molecule has 1 aromatic carbocycles. The van der Waals surface area contributed by atoms with Gasteiger partial charge in [-0.25, -0.2) is 4.79 Å². The number of fused-ring (bicyclic) bond motifs is 2. The van der Waals surface area contributed by atoms with Crippen LogP contribution in [0.1, 0.15) is 5.56 Å². The number of halogens is 1. The number of anilines is 1. The number of hydrogen-bond acceptors (Lipinski definition) is 5. The molecule has 23 heavy (non-hydrogen) atoms. The van der Waals surface area contributed by atoms with Crippen LogP contribution in [0.4, 0.5) is 5.82 Å². The summed E-state index contributed by atoms with van der Waals surface area (Å²) in [5.74, 6) is 1.76. The highest BCUT2D eigenvalue weighted by Crippen LogP contribution is 2.43. The van der Waals surface area contributed by atoms with Crippen molar-refractivity contribution in [2.75, 3.05) is 37.3 Å². The molecule has 3 heterocycles. The van der Waals surface area contributed by atoms with E-state index in [-0.39, 0.29) is 5.69 Å². The molecular weight excluding hydrogens is 332 g/mol. The standard InChI is InChI=1S/C16H19ClN4OS/c1-9-6-11-12-14(13(9)17)23-8-10-7-19(2)4-5-21(10)15(12)18-16(22)20(11)3/h6,10H,4-5,7-8H2,1-3H3. The van der Waals surface area contributed by atoms with E-state index in [4.69, 9.17) is 11.6 Å². The third-order valence-electron chi connectivity index (χ3n) is 4.83. The average molecular weight is 351 g/mol. The van der Waals surface area contributed by atoms with Crippen molar-refractivity contribution in [3.8, 4) is 0 Å². The molecule has 0 amide bonds. The van der Waals surface area contributed by atoms with E-state index < -0.39 is 0 Å². The van der Waals surface area contributed by atoms with Crippen LogP contribution >= 0.6 is 23.4 Å². The fraction of sp³-hybridized carbons (Fsp3) is 0.500. The largest absolute Gasteiger partial charge is 0.349 e. The molecule has 0 bridgehead atoms. The summed E-state index contributed by atoms with van der Waals surface area (Å²) in [6, 6.07) is 2.36. The third kappa shape index (κ3) is 2.27. The van der Waals surface area contributed by atoms with Gasteiger partial charge in [0, 0.05) is 37.3 Å². The Hall–Kier alpha value is -1.24. The SMILES string of the molecule is Cc1cc2c3c(nc(=O)n2C)N2CCN(C)CC2CSc3c1Cl. The van der Waals surface area contributed by atoms with Gasteiger partial charge in [0.25, 0.3) is 0 Å². The maximum absolute atomic E-state index is 12.4. The lowest BCUT2D eigenvalue weighted by Crippen LogP contribution is -2.53. The smallest absolute Gasteiger partial charge is 0.349 e. The Labute approximate surface area is 144 Å². The summed E-state index contributed by atoms with van der Waals surface area (Å²) in [5, 5.41) is 1.82. The zero-order valence-electron chi connectivity index (χ0n) is 13.5. The molecule has 2 aromatic rings. The summed E-state index contributed by atoms with van der Waals surface area (Å²) >= 11 is 8.39. The van der Waals surface area contributed by atoms with Gasteiger partial charge in [-0.1, -0.05) is 11.6 Å². The highest BCUT2D eigenvalue weighted by atomic mass is 35.5. The second-order valence-corrected chi connectivity index (χ2v) is 7.84. The van der Waals surface area contributed by atoms with Crippen LogP contribution in [0.25, 0.3) is 10.9 Å². The molecule has 0 saturated carbocycles. The minimum Gasteiger partial charge on any atom is -0.349 e. The number of nitrogens with zero attached hydrogens (tertiary/aromatic N) is 4. The first-order valence-corrected chi connectivity index (χ1v) is 9.11. The Balaban J connectivity index is 2.06. The van der Waals surface area contributed by atoms with E-state index in [0.29, 0.717) is 6.04 Å². The van der Waals surface area contributed by atoms with Gasteiger partial charge in [0.2, 0.25) is 0 Å². The lowest BCUT2D eigenvalue weighted by Gasteiger charge is -2.39. The summed E-state index contributed by atoms with van der Waals surface area (Å²) in [4.78, 5) is 22.5. The lowest BCUT2D eigenvalue weighted by atomic mass is 10.1. The van der Waals surface area contributed by atoms with Crippen LogP contribution in [0.3, 0.4) is 0 Å². The Morgan fingerprint density at radius 2 is 2.13 bits per heavy atom. The quantitative estimate of drug-likeness (QED) is 0.728. The molecule has 4 rings (SSSR count). The van der Waals surface area contributed by atoms with Gasteiger partial charge in [0.15, 0.2) is 0 Å². The van der Waals surface area contributed by atoms with Crippen molar-refractivity contribution >= 4 is 40.1 Å². The van der Waals surface area contributed by atoms with Crippen molar-refractivity contribution in [2.45, 2.75) is 17.9 Å². The molecule has 1 saturated heterocycles. The van der Waals surface area contributed by atoms with E-state index in [9.17, 15) is 4.79 Å². The van der Waals surface area contributed by atoms with Crippen molar-refractivity contribution in [1.82, 2.24) is 14.5 Å². The molecule has 7 heteroatoms. The summed E-state index contributed by atoms with van der Waals surface area (Å²) in [6.45, 7) is 4.85. The first-order chi connectivity index (χ1) is 11.0. The van der Waals surface area contributed by atoms with Gasteiger partial charge in [-0.05, 0) is 25.6 Å². The fourth-order valence-corrected chi connectivity index (χ4v) is 5.09. The molecule has 5 nitrogen and oxygen atoms in total. The summed E-state index contributed by atoms with van der Waals surface area (Å²) in [7, 11) is 3.92.